The van der Waals surface area contributed by atoms with E-state index in [1.54, 1.807) is 0 Å². The molecule has 7 nitrogen and oxygen atoms in total. The van der Waals surface area contributed by atoms with E-state index in [1.165, 1.54) is 12.8 Å². The van der Waals surface area contributed by atoms with Gasteiger partial charge in [0.2, 0.25) is 0 Å². The Morgan fingerprint density at radius 2 is 2.20 bits per heavy atom. The Kier molecular flexibility index (Phi) is 6.84. The number of aromatic nitrogens is 2. The van der Waals surface area contributed by atoms with Gasteiger partial charge in [0.15, 0.2) is 5.96 Å². The van der Waals surface area contributed by atoms with Gasteiger partial charge in [-0.25, -0.2) is 0 Å². The van der Waals surface area contributed by atoms with Crippen LogP contribution in [0.15, 0.2) is 11.1 Å². The zero-order chi connectivity index (χ0) is 18.4. The number of ether oxygens (including phenoxy) is 1. The second-order valence-corrected chi connectivity index (χ2v) is 6.75. The van der Waals surface area contributed by atoms with Gasteiger partial charge in [-0.1, -0.05) is 6.92 Å². The van der Waals surface area contributed by atoms with E-state index in [4.69, 9.17) is 9.73 Å². The number of carbonyl (C=O) groups excluding carboxylic acids is 1. The molecule has 2 atom stereocenters. The maximum atomic E-state index is 11.9. The van der Waals surface area contributed by atoms with Gasteiger partial charge in [0.1, 0.15) is 0 Å². The van der Waals surface area contributed by atoms with Gasteiger partial charge in [0, 0.05) is 38.4 Å². The van der Waals surface area contributed by atoms with Crippen LogP contribution in [-0.4, -0.2) is 59.9 Å². The summed E-state index contributed by atoms with van der Waals surface area (Å²) in [5.41, 5.74) is 2.23. The molecule has 2 heterocycles. The number of aliphatic imine (C=N–C) groups is 1. The number of aryl methyl sites for hydroxylation is 3. The van der Waals surface area contributed by atoms with Crippen molar-refractivity contribution in [3.63, 3.8) is 0 Å². The van der Waals surface area contributed by atoms with Crippen LogP contribution in [0.3, 0.4) is 0 Å². The molecule has 0 bridgehead atoms. The predicted octanol–water partition coefficient (Wildman–Crippen LogP) is 1.60. The highest BCUT2D eigenvalue weighted by Crippen LogP contribution is 2.24. The van der Waals surface area contributed by atoms with Crippen molar-refractivity contribution < 1.29 is 9.53 Å². The largest absolute Gasteiger partial charge is 0.469 e. The highest BCUT2D eigenvalue weighted by Gasteiger charge is 2.36. The number of carbonyl (C=O) groups is 1. The molecular formula is C18H31N5O2. The molecule has 0 amide bonds. The second kappa shape index (κ2) is 8.87. The van der Waals surface area contributed by atoms with Crippen molar-refractivity contribution in [2.45, 2.75) is 40.7 Å². The molecule has 140 valence electrons. The van der Waals surface area contributed by atoms with Crippen LogP contribution >= 0.6 is 0 Å². The molecule has 1 aliphatic heterocycles. The number of hydrogen-bond donors (Lipinski definition) is 1. The molecule has 0 radical (unpaired) electrons. The van der Waals surface area contributed by atoms with Crippen molar-refractivity contribution in [2.75, 3.05) is 33.3 Å². The zero-order valence-electron chi connectivity index (χ0n) is 16.1. The maximum Gasteiger partial charge on any atom is 0.310 e. The molecule has 0 aliphatic carbocycles. The van der Waals surface area contributed by atoms with Crippen molar-refractivity contribution in [3.05, 3.63) is 17.5 Å². The normalized spacial score (nSPS) is 20.8. The van der Waals surface area contributed by atoms with Crippen LogP contribution < -0.4 is 5.32 Å². The molecule has 25 heavy (non-hydrogen) atoms. The summed E-state index contributed by atoms with van der Waals surface area (Å²) in [4.78, 5) is 18.8. The number of rotatable bonds is 6. The number of nitrogens with zero attached hydrogens (tertiary/aromatic N) is 4. The molecule has 2 unspecified atom stereocenters. The van der Waals surface area contributed by atoms with Gasteiger partial charge in [-0.15, -0.1) is 0 Å². The van der Waals surface area contributed by atoms with E-state index in [9.17, 15) is 4.79 Å². The summed E-state index contributed by atoms with van der Waals surface area (Å²) in [5, 5.41) is 7.82. The summed E-state index contributed by atoms with van der Waals surface area (Å²) in [6, 6.07) is 2.09. The Labute approximate surface area is 150 Å². The first-order chi connectivity index (χ1) is 12.0. The highest BCUT2D eigenvalue weighted by atomic mass is 16.5. The van der Waals surface area contributed by atoms with Crippen LogP contribution in [0.1, 0.15) is 31.7 Å². The van der Waals surface area contributed by atoms with Gasteiger partial charge in [0.25, 0.3) is 0 Å². The van der Waals surface area contributed by atoms with Crippen LogP contribution in [0.25, 0.3) is 0 Å². The van der Waals surface area contributed by atoms with E-state index < -0.39 is 0 Å². The number of nitrogens with one attached hydrogen (secondary N) is 1. The molecule has 1 aromatic heterocycles. The number of methoxy groups -OCH3 is 1. The molecule has 1 saturated heterocycles. The average Bonchev–Trinajstić information content (AvgIpc) is 3.11. The maximum absolute atomic E-state index is 11.9. The van der Waals surface area contributed by atoms with E-state index >= 15 is 0 Å². The van der Waals surface area contributed by atoms with E-state index in [0.717, 1.165) is 44.3 Å². The van der Waals surface area contributed by atoms with Gasteiger partial charge < -0.3 is 15.0 Å². The Balaban J connectivity index is 1.92. The van der Waals surface area contributed by atoms with E-state index in [-0.39, 0.29) is 17.8 Å². The van der Waals surface area contributed by atoms with Crippen molar-refractivity contribution in [2.24, 2.45) is 16.8 Å². The van der Waals surface area contributed by atoms with Gasteiger partial charge >= 0.3 is 5.97 Å². The summed E-state index contributed by atoms with van der Waals surface area (Å²) >= 11 is 0. The minimum absolute atomic E-state index is 0.0800. The lowest BCUT2D eigenvalue weighted by Crippen LogP contribution is -2.40. The molecule has 7 heteroatoms. The van der Waals surface area contributed by atoms with Crippen LogP contribution in [-0.2, 0) is 16.1 Å². The Bertz CT molecular complexity index is 611. The van der Waals surface area contributed by atoms with Gasteiger partial charge in [-0.05, 0) is 39.2 Å². The van der Waals surface area contributed by atoms with Crippen LogP contribution in [0.5, 0.6) is 0 Å². The van der Waals surface area contributed by atoms with Gasteiger partial charge in [-0.3, -0.25) is 14.5 Å². The number of hydrogen-bond acceptors (Lipinski definition) is 4. The Morgan fingerprint density at radius 3 is 2.80 bits per heavy atom. The SMILES string of the molecule is CCNC(=NCCCn1nc(C)cc1C)N1CC(C)C(C(=O)OC)C1. The summed E-state index contributed by atoms with van der Waals surface area (Å²) in [6.07, 6.45) is 0.931. The molecule has 1 N–H and O–H groups in total. The third-order valence-corrected chi connectivity index (χ3v) is 4.64. The molecule has 1 aliphatic rings. The van der Waals surface area contributed by atoms with Crippen molar-refractivity contribution in [1.29, 1.82) is 0 Å². The summed E-state index contributed by atoms with van der Waals surface area (Å²) in [7, 11) is 1.45. The fourth-order valence-electron chi connectivity index (χ4n) is 3.33. The number of likely N-dealkylation sites (tertiary alicyclic amines) is 1. The van der Waals surface area contributed by atoms with E-state index in [1.807, 2.05) is 11.6 Å². The monoisotopic (exact) mass is 349 g/mol. The topological polar surface area (TPSA) is 71.8 Å². The summed E-state index contributed by atoms with van der Waals surface area (Å²) in [6.45, 7) is 12.1. The van der Waals surface area contributed by atoms with Crippen molar-refractivity contribution in [3.8, 4) is 0 Å². The predicted molar refractivity (Wildman–Crippen MR) is 98.5 cm³/mol. The van der Waals surface area contributed by atoms with Crippen molar-refractivity contribution >= 4 is 11.9 Å². The first-order valence-corrected chi connectivity index (χ1v) is 9.08. The number of esters is 1. The lowest BCUT2D eigenvalue weighted by molar-refractivity contribution is -0.145. The quantitative estimate of drug-likeness (QED) is 0.365. The van der Waals surface area contributed by atoms with E-state index in [0.29, 0.717) is 6.54 Å². The summed E-state index contributed by atoms with van der Waals surface area (Å²) in [5.74, 6) is 0.944. The molecular weight excluding hydrogens is 318 g/mol. The lowest BCUT2D eigenvalue weighted by Gasteiger charge is -2.21. The minimum Gasteiger partial charge on any atom is -0.469 e. The molecule has 2 rings (SSSR count). The standard InChI is InChI=1S/C18H31N5O2/c1-6-19-18(22-11-13(2)16(12-22)17(24)25-5)20-8-7-9-23-15(4)10-14(3)21-23/h10,13,16H,6-9,11-12H2,1-5H3,(H,19,20). The highest BCUT2D eigenvalue weighted by molar-refractivity contribution is 5.82. The Hall–Kier alpha value is -2.05. The van der Waals surface area contributed by atoms with Gasteiger partial charge in [0.05, 0.1) is 18.7 Å². The Morgan fingerprint density at radius 1 is 1.44 bits per heavy atom. The fraction of sp³-hybridized carbons (Fsp3) is 0.722. The molecule has 0 aromatic carbocycles. The second-order valence-electron chi connectivity index (χ2n) is 6.75. The van der Waals surface area contributed by atoms with Crippen LogP contribution in [0, 0.1) is 25.7 Å². The first-order valence-electron chi connectivity index (χ1n) is 9.08. The third kappa shape index (κ3) is 4.96. The van der Waals surface area contributed by atoms with Crippen molar-refractivity contribution in [1.82, 2.24) is 20.0 Å². The smallest absolute Gasteiger partial charge is 0.310 e. The number of guanidine groups is 1. The fourth-order valence-corrected chi connectivity index (χ4v) is 3.33. The summed E-state index contributed by atoms with van der Waals surface area (Å²) < 4.78 is 6.95. The molecule has 0 saturated carbocycles. The first kappa shape index (κ1) is 19.3. The molecule has 0 spiro atoms. The van der Waals surface area contributed by atoms with Gasteiger partial charge in [-0.2, -0.15) is 5.10 Å². The lowest BCUT2D eigenvalue weighted by atomic mass is 9.99. The van der Waals surface area contributed by atoms with Crippen LogP contribution in [0.2, 0.25) is 0 Å². The average molecular weight is 349 g/mol. The zero-order valence-corrected chi connectivity index (χ0v) is 16.1. The molecule has 1 aromatic rings. The van der Waals surface area contributed by atoms with Crippen LogP contribution in [0.4, 0.5) is 0 Å². The molecule has 1 fully saturated rings. The minimum atomic E-state index is -0.129. The third-order valence-electron chi connectivity index (χ3n) is 4.64. The van der Waals surface area contributed by atoms with E-state index in [2.05, 4.69) is 42.2 Å².